The van der Waals surface area contributed by atoms with Crippen LogP contribution >= 0.6 is 0 Å². The van der Waals surface area contributed by atoms with Crippen molar-refractivity contribution in [3.8, 4) is 0 Å². The van der Waals surface area contributed by atoms with Crippen LogP contribution < -0.4 is 5.73 Å². The van der Waals surface area contributed by atoms with Crippen molar-refractivity contribution >= 4 is 9.84 Å². The highest BCUT2D eigenvalue weighted by molar-refractivity contribution is 7.91. The van der Waals surface area contributed by atoms with Gasteiger partial charge < -0.3 is 10.8 Å². The van der Waals surface area contributed by atoms with E-state index in [4.69, 9.17) is 10.8 Å². The second-order valence-corrected chi connectivity index (χ2v) is 4.86. The molecule has 0 saturated carbocycles. The van der Waals surface area contributed by atoms with Crippen molar-refractivity contribution < 1.29 is 13.5 Å². The first-order valence-electron chi connectivity index (χ1n) is 3.15. The van der Waals surface area contributed by atoms with Crippen LogP contribution in [0.4, 0.5) is 0 Å². The molecule has 0 aromatic heterocycles. The molecule has 0 amide bonds. The van der Waals surface area contributed by atoms with Gasteiger partial charge in [-0.1, -0.05) is 0 Å². The fraction of sp³-hybridized carbons (Fsp3) is 1.00. The second kappa shape index (κ2) is 2.48. The predicted molar refractivity (Wildman–Crippen MR) is 37.3 cm³/mol. The molecular weight excluding hydrogens is 154 g/mol. The van der Waals surface area contributed by atoms with Crippen molar-refractivity contribution in [1.29, 1.82) is 0 Å². The van der Waals surface area contributed by atoms with E-state index in [0.29, 0.717) is 0 Å². The van der Waals surface area contributed by atoms with Crippen LogP contribution in [0.15, 0.2) is 0 Å². The molecule has 0 bridgehead atoms. The number of hydrogen-bond acceptors (Lipinski definition) is 4. The summed E-state index contributed by atoms with van der Waals surface area (Å²) in [5.74, 6) is -0.00394. The lowest BCUT2D eigenvalue weighted by molar-refractivity contribution is 0.144. The third-order valence-corrected chi connectivity index (χ3v) is 3.42. The van der Waals surface area contributed by atoms with Crippen LogP contribution in [0.2, 0.25) is 0 Å². The smallest absolute Gasteiger partial charge is 0.152 e. The summed E-state index contributed by atoms with van der Waals surface area (Å²) in [5, 5.41) is 9.02. The minimum absolute atomic E-state index is 0.0713. The molecule has 0 spiro atoms. The number of aliphatic hydroxyl groups excluding tert-OH is 1. The quantitative estimate of drug-likeness (QED) is 0.457. The van der Waals surface area contributed by atoms with E-state index in [1.54, 1.807) is 0 Å². The molecule has 60 valence electrons. The van der Waals surface area contributed by atoms with Crippen LogP contribution in [0.5, 0.6) is 0 Å². The molecule has 3 N–H and O–H groups in total. The highest BCUT2D eigenvalue weighted by Crippen LogP contribution is 2.10. The molecule has 5 heteroatoms. The third kappa shape index (κ3) is 1.68. The number of sulfone groups is 1. The summed E-state index contributed by atoms with van der Waals surface area (Å²) in [4.78, 5) is 0. The third-order valence-electron chi connectivity index (χ3n) is 1.67. The monoisotopic (exact) mass is 165 g/mol. The Hall–Kier alpha value is -0.130. The molecule has 2 atom stereocenters. The van der Waals surface area contributed by atoms with Crippen LogP contribution in [0.1, 0.15) is 6.42 Å². The van der Waals surface area contributed by atoms with Crippen molar-refractivity contribution in [2.24, 2.45) is 5.73 Å². The Morgan fingerprint density at radius 3 is 2.50 bits per heavy atom. The molecule has 0 aliphatic carbocycles. The molecular formula is C5H11NO3S. The van der Waals surface area contributed by atoms with Crippen molar-refractivity contribution in [2.45, 2.75) is 18.6 Å². The predicted octanol–water partition coefficient (Wildman–Crippen LogP) is -1.51. The van der Waals surface area contributed by atoms with Gasteiger partial charge in [0, 0.05) is 6.04 Å². The SMILES string of the molecule is N[C@H]1CS(=O)(=O)CC[C@@H]1O. The molecule has 0 aromatic carbocycles. The lowest BCUT2D eigenvalue weighted by Crippen LogP contribution is -2.46. The van der Waals surface area contributed by atoms with Gasteiger partial charge in [0.15, 0.2) is 9.84 Å². The summed E-state index contributed by atoms with van der Waals surface area (Å²) in [6.45, 7) is 0. The van der Waals surface area contributed by atoms with Gasteiger partial charge in [-0.25, -0.2) is 8.42 Å². The van der Waals surface area contributed by atoms with Crippen molar-refractivity contribution in [2.75, 3.05) is 11.5 Å². The molecule has 10 heavy (non-hydrogen) atoms. The Labute approximate surface area is 60.0 Å². The zero-order valence-corrected chi connectivity index (χ0v) is 6.34. The average molecular weight is 165 g/mol. The second-order valence-electron chi connectivity index (χ2n) is 2.63. The van der Waals surface area contributed by atoms with E-state index in [2.05, 4.69) is 0 Å². The number of hydrogen-bond donors (Lipinski definition) is 2. The maximum absolute atomic E-state index is 10.8. The van der Waals surface area contributed by atoms with Gasteiger partial charge in [-0.15, -0.1) is 0 Å². The van der Waals surface area contributed by atoms with E-state index in [1.165, 1.54) is 0 Å². The lowest BCUT2D eigenvalue weighted by Gasteiger charge is -2.23. The van der Waals surface area contributed by atoms with Gasteiger partial charge in [0.25, 0.3) is 0 Å². The van der Waals surface area contributed by atoms with Gasteiger partial charge in [-0.05, 0) is 6.42 Å². The molecule has 0 aromatic rings. The van der Waals surface area contributed by atoms with Gasteiger partial charge in [0.05, 0.1) is 17.6 Å². The van der Waals surface area contributed by atoms with E-state index in [9.17, 15) is 8.42 Å². The van der Waals surface area contributed by atoms with Crippen molar-refractivity contribution in [3.05, 3.63) is 0 Å². The molecule has 0 radical (unpaired) electrons. The molecule has 1 rings (SSSR count). The zero-order chi connectivity index (χ0) is 7.78. The summed E-state index contributed by atoms with van der Waals surface area (Å²) < 4.78 is 21.6. The zero-order valence-electron chi connectivity index (χ0n) is 5.53. The van der Waals surface area contributed by atoms with Crippen LogP contribution in [-0.4, -0.2) is 37.2 Å². The molecule has 4 nitrogen and oxygen atoms in total. The van der Waals surface area contributed by atoms with Crippen LogP contribution in [0, 0.1) is 0 Å². The standard InChI is InChI=1S/C5H11NO3S/c6-4-3-10(8,9)2-1-5(4)7/h4-5,7H,1-3,6H2/t4-,5-/m0/s1. The molecule has 1 heterocycles. The topological polar surface area (TPSA) is 80.4 Å². The summed E-state index contributed by atoms with van der Waals surface area (Å²) in [6, 6.07) is -0.584. The van der Waals surface area contributed by atoms with E-state index in [-0.39, 0.29) is 17.9 Å². The number of nitrogens with two attached hydrogens (primary N) is 1. The van der Waals surface area contributed by atoms with Gasteiger partial charge in [0.2, 0.25) is 0 Å². The van der Waals surface area contributed by atoms with Gasteiger partial charge in [0.1, 0.15) is 0 Å². The van der Waals surface area contributed by atoms with Crippen LogP contribution in [-0.2, 0) is 9.84 Å². The van der Waals surface area contributed by atoms with Crippen molar-refractivity contribution in [3.63, 3.8) is 0 Å². The highest BCUT2D eigenvalue weighted by atomic mass is 32.2. The minimum Gasteiger partial charge on any atom is -0.391 e. The Morgan fingerprint density at radius 2 is 2.10 bits per heavy atom. The van der Waals surface area contributed by atoms with E-state index < -0.39 is 22.0 Å². The maximum Gasteiger partial charge on any atom is 0.152 e. The molecule has 1 saturated heterocycles. The van der Waals surface area contributed by atoms with E-state index in [1.807, 2.05) is 0 Å². The van der Waals surface area contributed by atoms with Gasteiger partial charge >= 0.3 is 0 Å². The largest absolute Gasteiger partial charge is 0.391 e. The normalized spacial score (nSPS) is 39.4. The van der Waals surface area contributed by atoms with Gasteiger partial charge in [-0.2, -0.15) is 0 Å². The first kappa shape index (κ1) is 7.97. The summed E-state index contributed by atoms with van der Waals surface area (Å²) >= 11 is 0. The first-order valence-corrected chi connectivity index (χ1v) is 4.97. The van der Waals surface area contributed by atoms with Crippen LogP contribution in [0.25, 0.3) is 0 Å². The number of aliphatic hydroxyl groups is 1. The fourth-order valence-corrected chi connectivity index (χ4v) is 2.58. The average Bonchev–Trinajstić information content (AvgIpc) is 1.79. The summed E-state index contributed by atoms with van der Waals surface area (Å²) in [5.41, 5.74) is 5.32. The van der Waals surface area contributed by atoms with Gasteiger partial charge in [-0.3, -0.25) is 0 Å². The van der Waals surface area contributed by atoms with E-state index in [0.717, 1.165) is 0 Å². The summed E-state index contributed by atoms with van der Waals surface area (Å²) in [6.07, 6.45) is -0.354. The maximum atomic E-state index is 10.8. The first-order chi connectivity index (χ1) is 4.51. The Balaban J connectivity index is 2.66. The lowest BCUT2D eigenvalue weighted by atomic mass is 10.1. The molecule has 0 unspecified atom stereocenters. The van der Waals surface area contributed by atoms with E-state index >= 15 is 0 Å². The minimum atomic E-state index is -2.95. The Morgan fingerprint density at radius 1 is 1.50 bits per heavy atom. The number of rotatable bonds is 0. The molecule has 1 aliphatic heterocycles. The Kier molecular flexibility index (Phi) is 1.98. The molecule has 1 aliphatic rings. The van der Waals surface area contributed by atoms with Crippen LogP contribution in [0.3, 0.4) is 0 Å². The van der Waals surface area contributed by atoms with Crippen molar-refractivity contribution in [1.82, 2.24) is 0 Å². The summed E-state index contributed by atoms with van der Waals surface area (Å²) in [7, 11) is -2.95. The highest BCUT2D eigenvalue weighted by Gasteiger charge is 2.28. The fourth-order valence-electron chi connectivity index (χ4n) is 1.00. The molecule has 1 fully saturated rings. The Bertz CT molecular complexity index is 211.